The van der Waals surface area contributed by atoms with Crippen molar-refractivity contribution in [3.63, 3.8) is 0 Å². The third-order valence-corrected chi connectivity index (χ3v) is 3.35. The maximum atomic E-state index is 6.09. The van der Waals surface area contributed by atoms with Gasteiger partial charge in [-0.3, -0.25) is 0 Å². The van der Waals surface area contributed by atoms with Crippen LogP contribution in [0.15, 0.2) is 22.7 Å². The van der Waals surface area contributed by atoms with E-state index in [4.69, 9.17) is 15.0 Å². The lowest BCUT2D eigenvalue weighted by Crippen LogP contribution is -2.39. The highest BCUT2D eigenvalue weighted by Crippen LogP contribution is 2.17. The first-order chi connectivity index (χ1) is 9.42. The van der Waals surface area contributed by atoms with Gasteiger partial charge in [0.25, 0.3) is 0 Å². The zero-order valence-corrected chi connectivity index (χ0v) is 12.4. The fourth-order valence-electron chi connectivity index (χ4n) is 2.01. The van der Waals surface area contributed by atoms with E-state index in [9.17, 15) is 0 Å². The van der Waals surface area contributed by atoms with Gasteiger partial charge in [-0.15, -0.1) is 0 Å². The Kier molecular flexibility index (Phi) is 4.20. The smallest absolute Gasteiger partial charge is 0.231 e. The van der Waals surface area contributed by atoms with E-state index in [1.54, 1.807) is 7.11 Å². The molecule has 1 aromatic heterocycles. The molecule has 1 atom stereocenters. The number of nitrogens with zero attached hydrogens (tertiary/aromatic N) is 2. The lowest BCUT2D eigenvalue weighted by atomic mass is 10.0. The fourth-order valence-corrected chi connectivity index (χ4v) is 2.01. The molecule has 0 spiro atoms. The number of ether oxygens (including phenoxy) is 1. The average Bonchev–Trinajstić information content (AvgIpc) is 2.83. The molecule has 1 unspecified atom stereocenters. The standard InChI is InChI=1S/C15H21N3O2/c1-10-5-6-12(7-11(10)2)8-13-17-14(18-20-13)15(3,16)9-19-4/h5-7H,8-9,16H2,1-4H3. The van der Waals surface area contributed by atoms with Crippen LogP contribution in [0, 0.1) is 13.8 Å². The summed E-state index contributed by atoms with van der Waals surface area (Å²) in [4.78, 5) is 4.37. The van der Waals surface area contributed by atoms with Gasteiger partial charge in [0.15, 0.2) is 5.82 Å². The molecule has 0 amide bonds. The van der Waals surface area contributed by atoms with Crippen molar-refractivity contribution in [3.05, 3.63) is 46.6 Å². The molecule has 5 heteroatoms. The number of rotatable bonds is 5. The molecule has 2 aromatic rings. The van der Waals surface area contributed by atoms with Gasteiger partial charge in [-0.25, -0.2) is 0 Å². The van der Waals surface area contributed by atoms with Crippen LogP contribution in [0.25, 0.3) is 0 Å². The van der Waals surface area contributed by atoms with Gasteiger partial charge in [-0.1, -0.05) is 23.4 Å². The maximum absolute atomic E-state index is 6.09. The van der Waals surface area contributed by atoms with E-state index in [1.807, 2.05) is 6.92 Å². The largest absolute Gasteiger partial charge is 0.382 e. The summed E-state index contributed by atoms with van der Waals surface area (Å²) in [5, 5.41) is 3.95. The third-order valence-electron chi connectivity index (χ3n) is 3.35. The summed E-state index contributed by atoms with van der Waals surface area (Å²) in [7, 11) is 1.60. The molecule has 20 heavy (non-hydrogen) atoms. The van der Waals surface area contributed by atoms with Gasteiger partial charge >= 0.3 is 0 Å². The van der Waals surface area contributed by atoms with Crippen molar-refractivity contribution in [3.8, 4) is 0 Å². The van der Waals surface area contributed by atoms with E-state index in [1.165, 1.54) is 11.1 Å². The molecule has 0 aliphatic rings. The van der Waals surface area contributed by atoms with Crippen molar-refractivity contribution in [1.82, 2.24) is 10.1 Å². The molecule has 0 bridgehead atoms. The van der Waals surface area contributed by atoms with Crippen LogP contribution in [0.2, 0.25) is 0 Å². The van der Waals surface area contributed by atoms with E-state index < -0.39 is 5.54 Å². The normalized spacial score (nSPS) is 14.2. The minimum absolute atomic E-state index is 0.343. The number of nitrogens with two attached hydrogens (primary N) is 1. The van der Waals surface area contributed by atoms with E-state index in [-0.39, 0.29) is 0 Å². The summed E-state index contributed by atoms with van der Waals surface area (Å²) in [6.45, 7) is 6.35. The molecule has 5 nitrogen and oxygen atoms in total. The van der Waals surface area contributed by atoms with Crippen LogP contribution in [0.5, 0.6) is 0 Å². The Labute approximate surface area is 119 Å². The first-order valence-electron chi connectivity index (χ1n) is 6.59. The van der Waals surface area contributed by atoms with Crippen LogP contribution in [0.1, 0.15) is 35.3 Å². The summed E-state index contributed by atoms with van der Waals surface area (Å²) in [6.07, 6.45) is 0.608. The average molecular weight is 275 g/mol. The Hall–Kier alpha value is -1.72. The minimum Gasteiger partial charge on any atom is -0.382 e. The molecule has 1 heterocycles. The van der Waals surface area contributed by atoms with Crippen LogP contribution in [0.3, 0.4) is 0 Å². The number of benzene rings is 1. The SMILES string of the molecule is COCC(C)(N)c1noc(Cc2ccc(C)c(C)c2)n1. The highest BCUT2D eigenvalue weighted by Gasteiger charge is 2.27. The summed E-state index contributed by atoms with van der Waals surface area (Å²) in [5.41, 5.74) is 9.03. The number of aryl methyl sites for hydroxylation is 2. The maximum Gasteiger partial charge on any atom is 0.231 e. The Bertz CT molecular complexity index is 591. The minimum atomic E-state index is -0.736. The lowest BCUT2D eigenvalue weighted by molar-refractivity contribution is 0.135. The van der Waals surface area contributed by atoms with Gasteiger partial charge in [-0.2, -0.15) is 4.98 Å². The van der Waals surface area contributed by atoms with Crippen molar-refractivity contribution >= 4 is 0 Å². The quantitative estimate of drug-likeness (QED) is 0.904. The van der Waals surface area contributed by atoms with Crippen molar-refractivity contribution < 1.29 is 9.26 Å². The van der Waals surface area contributed by atoms with Gasteiger partial charge in [0.05, 0.1) is 13.0 Å². The molecular weight excluding hydrogens is 254 g/mol. The van der Waals surface area contributed by atoms with Crippen LogP contribution < -0.4 is 5.73 Å². The Morgan fingerprint density at radius 2 is 2.05 bits per heavy atom. The van der Waals surface area contributed by atoms with Gasteiger partial charge in [-0.05, 0) is 37.5 Å². The van der Waals surface area contributed by atoms with Gasteiger partial charge in [0, 0.05) is 7.11 Å². The second-order valence-electron chi connectivity index (χ2n) is 5.46. The number of methoxy groups -OCH3 is 1. The van der Waals surface area contributed by atoms with E-state index in [2.05, 4.69) is 42.2 Å². The predicted octanol–water partition coefficient (Wildman–Crippen LogP) is 2.10. The monoisotopic (exact) mass is 275 g/mol. The molecule has 0 fully saturated rings. The fraction of sp³-hybridized carbons (Fsp3) is 0.467. The summed E-state index contributed by atoms with van der Waals surface area (Å²) >= 11 is 0. The van der Waals surface area contributed by atoms with Crippen LogP contribution in [0.4, 0.5) is 0 Å². The number of aromatic nitrogens is 2. The second-order valence-corrected chi connectivity index (χ2v) is 5.46. The van der Waals surface area contributed by atoms with Crippen LogP contribution >= 0.6 is 0 Å². The Morgan fingerprint density at radius 3 is 2.70 bits per heavy atom. The van der Waals surface area contributed by atoms with Gasteiger partial charge < -0.3 is 15.0 Å². The first-order valence-corrected chi connectivity index (χ1v) is 6.59. The molecule has 0 aliphatic heterocycles. The van der Waals surface area contributed by atoms with Crippen molar-refractivity contribution in [2.45, 2.75) is 32.7 Å². The number of hydrogen-bond acceptors (Lipinski definition) is 5. The zero-order chi connectivity index (χ0) is 14.8. The molecule has 0 saturated heterocycles. The van der Waals surface area contributed by atoms with Crippen LogP contribution in [-0.2, 0) is 16.7 Å². The highest BCUT2D eigenvalue weighted by atomic mass is 16.5. The van der Waals surface area contributed by atoms with Crippen LogP contribution in [-0.4, -0.2) is 23.9 Å². The molecule has 0 aliphatic carbocycles. The second kappa shape index (κ2) is 5.73. The Morgan fingerprint density at radius 1 is 1.30 bits per heavy atom. The molecule has 108 valence electrons. The van der Waals surface area contributed by atoms with Gasteiger partial charge in [0.2, 0.25) is 5.89 Å². The summed E-state index contributed by atoms with van der Waals surface area (Å²) < 4.78 is 10.3. The van der Waals surface area contributed by atoms with Gasteiger partial charge in [0.1, 0.15) is 5.54 Å². The highest BCUT2D eigenvalue weighted by molar-refractivity contribution is 5.31. The number of hydrogen-bond donors (Lipinski definition) is 1. The topological polar surface area (TPSA) is 74.2 Å². The predicted molar refractivity (Wildman–Crippen MR) is 76.4 cm³/mol. The Balaban J connectivity index is 2.15. The molecule has 2 N–H and O–H groups in total. The van der Waals surface area contributed by atoms with Crippen molar-refractivity contribution in [2.75, 3.05) is 13.7 Å². The molecule has 1 aromatic carbocycles. The molecule has 0 saturated carbocycles. The van der Waals surface area contributed by atoms with E-state index >= 15 is 0 Å². The van der Waals surface area contributed by atoms with E-state index in [0.29, 0.717) is 24.7 Å². The summed E-state index contributed by atoms with van der Waals surface area (Å²) in [6, 6.07) is 6.30. The third kappa shape index (κ3) is 3.23. The van der Waals surface area contributed by atoms with Crippen molar-refractivity contribution in [1.29, 1.82) is 0 Å². The molecular formula is C15H21N3O2. The zero-order valence-electron chi connectivity index (χ0n) is 12.4. The lowest BCUT2D eigenvalue weighted by Gasteiger charge is -2.18. The first kappa shape index (κ1) is 14.7. The van der Waals surface area contributed by atoms with E-state index in [0.717, 1.165) is 5.56 Å². The molecule has 0 radical (unpaired) electrons. The molecule has 2 rings (SSSR count). The van der Waals surface area contributed by atoms with Crippen molar-refractivity contribution in [2.24, 2.45) is 5.73 Å². The summed E-state index contributed by atoms with van der Waals surface area (Å²) in [5.74, 6) is 1.04.